The summed E-state index contributed by atoms with van der Waals surface area (Å²) in [6.45, 7) is 5.69. The van der Waals surface area contributed by atoms with E-state index in [1.54, 1.807) is 6.07 Å². The van der Waals surface area contributed by atoms with E-state index in [1.165, 1.54) is 6.07 Å². The molecule has 0 aromatic heterocycles. The van der Waals surface area contributed by atoms with Gasteiger partial charge in [-0.3, -0.25) is 0 Å². The lowest BCUT2D eigenvalue weighted by Crippen LogP contribution is -2.10. The average molecular weight is 295 g/mol. The molecule has 1 nitrogen and oxygen atoms in total. The van der Waals surface area contributed by atoms with Crippen LogP contribution < -0.4 is 5.73 Å². The van der Waals surface area contributed by atoms with Crippen LogP contribution in [0.4, 0.5) is 4.39 Å². The zero-order chi connectivity index (χ0) is 10.7. The summed E-state index contributed by atoms with van der Waals surface area (Å²) in [6, 6.07) is 4.77. The van der Waals surface area contributed by atoms with Crippen molar-refractivity contribution in [3.63, 3.8) is 0 Å². The van der Waals surface area contributed by atoms with Crippen molar-refractivity contribution in [3.8, 4) is 0 Å². The van der Waals surface area contributed by atoms with Crippen molar-refractivity contribution in [1.82, 2.24) is 0 Å². The molecule has 0 aliphatic carbocycles. The van der Waals surface area contributed by atoms with Crippen molar-refractivity contribution in [2.45, 2.75) is 19.4 Å². The molecule has 0 spiro atoms. The molecule has 0 amide bonds. The fourth-order valence-corrected chi connectivity index (χ4v) is 1.48. The van der Waals surface area contributed by atoms with Crippen LogP contribution in [0.3, 0.4) is 0 Å². The minimum absolute atomic E-state index is 0. The van der Waals surface area contributed by atoms with Crippen molar-refractivity contribution < 1.29 is 4.39 Å². The summed E-state index contributed by atoms with van der Waals surface area (Å²) in [5.41, 5.74) is 7.67. The first-order valence-corrected chi connectivity index (χ1v) is 5.15. The highest BCUT2D eigenvalue weighted by atomic mass is 79.9. The fourth-order valence-electron chi connectivity index (χ4n) is 1.24. The van der Waals surface area contributed by atoms with E-state index in [0.717, 1.165) is 11.1 Å². The molecule has 4 heteroatoms. The Morgan fingerprint density at radius 3 is 2.67 bits per heavy atom. The molecule has 0 saturated heterocycles. The third-order valence-electron chi connectivity index (χ3n) is 1.94. The minimum Gasteiger partial charge on any atom is -0.324 e. The Hall–Kier alpha value is -0.380. The highest BCUT2D eigenvalue weighted by Gasteiger charge is 2.08. The summed E-state index contributed by atoms with van der Waals surface area (Å²) in [4.78, 5) is 0. The van der Waals surface area contributed by atoms with E-state index in [9.17, 15) is 4.39 Å². The molecule has 0 aliphatic heterocycles. The van der Waals surface area contributed by atoms with E-state index in [0.29, 0.717) is 10.9 Å². The van der Waals surface area contributed by atoms with Gasteiger partial charge in [-0.2, -0.15) is 0 Å². The largest absolute Gasteiger partial charge is 0.324 e. The Bertz CT molecular complexity index is 354. The lowest BCUT2D eigenvalue weighted by Gasteiger charge is -2.12. The van der Waals surface area contributed by atoms with Gasteiger partial charge >= 0.3 is 0 Å². The molecule has 0 saturated carbocycles. The Morgan fingerprint density at radius 1 is 1.60 bits per heavy atom. The van der Waals surface area contributed by atoms with Crippen LogP contribution in [0.2, 0.25) is 0 Å². The van der Waals surface area contributed by atoms with Crippen LogP contribution >= 0.6 is 28.3 Å². The molecule has 0 radical (unpaired) electrons. The molecule has 1 rings (SSSR count). The molecule has 0 aliphatic rings. The minimum atomic E-state index is -0.278. The average Bonchev–Trinajstić information content (AvgIpc) is 2.08. The van der Waals surface area contributed by atoms with Crippen LogP contribution in [0.1, 0.15) is 24.9 Å². The van der Waals surface area contributed by atoms with E-state index in [-0.39, 0.29) is 24.3 Å². The quantitative estimate of drug-likeness (QED) is 0.839. The summed E-state index contributed by atoms with van der Waals surface area (Å²) < 4.78 is 13.6. The first kappa shape index (κ1) is 14.6. The molecule has 0 unspecified atom stereocenters. The van der Waals surface area contributed by atoms with E-state index < -0.39 is 0 Å². The molecule has 0 heterocycles. The predicted molar refractivity (Wildman–Crippen MR) is 67.7 cm³/mol. The van der Waals surface area contributed by atoms with Crippen molar-refractivity contribution in [3.05, 3.63) is 46.2 Å². The lowest BCUT2D eigenvalue weighted by atomic mass is 10.0. The maximum absolute atomic E-state index is 13.2. The van der Waals surface area contributed by atoms with Gasteiger partial charge in [0.2, 0.25) is 0 Å². The molecule has 84 valence electrons. The van der Waals surface area contributed by atoms with Gasteiger partial charge in [0.25, 0.3) is 0 Å². The third kappa shape index (κ3) is 4.33. The van der Waals surface area contributed by atoms with E-state index in [2.05, 4.69) is 22.5 Å². The summed E-state index contributed by atoms with van der Waals surface area (Å²) in [5.74, 6) is -0.278. The Balaban J connectivity index is 0.00000196. The highest BCUT2D eigenvalue weighted by Crippen LogP contribution is 2.22. The number of hydrogen-bond donors (Lipinski definition) is 1. The molecule has 1 atom stereocenters. The van der Waals surface area contributed by atoms with Crippen LogP contribution in [-0.4, -0.2) is 0 Å². The van der Waals surface area contributed by atoms with Crippen molar-refractivity contribution >= 4 is 28.3 Å². The van der Waals surface area contributed by atoms with Crippen LogP contribution in [0.5, 0.6) is 0 Å². The first-order valence-electron chi connectivity index (χ1n) is 4.35. The number of rotatable bonds is 3. The summed E-state index contributed by atoms with van der Waals surface area (Å²) >= 11 is 3.10. The van der Waals surface area contributed by atoms with Gasteiger partial charge < -0.3 is 5.73 Å². The normalized spacial score (nSPS) is 11.7. The van der Waals surface area contributed by atoms with E-state index in [4.69, 9.17) is 5.73 Å². The maximum Gasteiger partial charge on any atom is 0.137 e. The van der Waals surface area contributed by atoms with Gasteiger partial charge in [0.1, 0.15) is 5.82 Å². The topological polar surface area (TPSA) is 26.0 Å². The molecule has 1 aromatic rings. The summed E-state index contributed by atoms with van der Waals surface area (Å²) in [7, 11) is 0. The van der Waals surface area contributed by atoms with Gasteiger partial charge in [0.05, 0.1) is 4.47 Å². The molecule has 15 heavy (non-hydrogen) atoms. The van der Waals surface area contributed by atoms with Crippen LogP contribution in [0.15, 0.2) is 34.8 Å². The van der Waals surface area contributed by atoms with Crippen LogP contribution in [0, 0.1) is 5.82 Å². The Kier molecular flexibility index (Phi) is 6.10. The molecule has 2 N–H and O–H groups in total. The summed E-state index contributed by atoms with van der Waals surface area (Å²) in [5, 5.41) is 0. The second-order valence-electron chi connectivity index (χ2n) is 3.44. The van der Waals surface area contributed by atoms with Gasteiger partial charge in [-0.25, -0.2) is 4.39 Å². The SMILES string of the molecule is C=C(C)C[C@@H](N)c1ccc(Br)c(F)c1.Cl. The fraction of sp³-hybridized carbons (Fsp3) is 0.273. The van der Waals surface area contributed by atoms with E-state index >= 15 is 0 Å². The first-order chi connectivity index (χ1) is 6.50. The van der Waals surface area contributed by atoms with Crippen molar-refractivity contribution in [2.75, 3.05) is 0 Å². The van der Waals surface area contributed by atoms with Gasteiger partial charge in [0, 0.05) is 6.04 Å². The Labute approximate surface area is 104 Å². The van der Waals surface area contributed by atoms with Gasteiger partial charge in [-0.1, -0.05) is 11.6 Å². The summed E-state index contributed by atoms with van der Waals surface area (Å²) in [6.07, 6.45) is 0.682. The van der Waals surface area contributed by atoms with Gasteiger partial charge in [0.15, 0.2) is 0 Å². The van der Waals surface area contributed by atoms with E-state index in [1.807, 2.05) is 13.0 Å². The van der Waals surface area contributed by atoms with Crippen molar-refractivity contribution in [1.29, 1.82) is 0 Å². The molecular formula is C11H14BrClFN. The van der Waals surface area contributed by atoms with Gasteiger partial charge in [-0.05, 0) is 47.0 Å². The van der Waals surface area contributed by atoms with Gasteiger partial charge in [-0.15, -0.1) is 19.0 Å². The molecule has 1 aromatic carbocycles. The monoisotopic (exact) mass is 293 g/mol. The second kappa shape index (κ2) is 6.26. The zero-order valence-corrected chi connectivity index (χ0v) is 10.9. The Morgan fingerprint density at radius 2 is 2.20 bits per heavy atom. The lowest BCUT2D eigenvalue weighted by molar-refractivity contribution is 0.612. The van der Waals surface area contributed by atoms with Crippen LogP contribution in [-0.2, 0) is 0 Å². The number of benzene rings is 1. The van der Waals surface area contributed by atoms with Crippen molar-refractivity contribution in [2.24, 2.45) is 5.73 Å². The molecule has 0 fully saturated rings. The molecule has 0 bridgehead atoms. The van der Waals surface area contributed by atoms with Crippen LogP contribution in [0.25, 0.3) is 0 Å². The molecular weight excluding hydrogens is 280 g/mol. The predicted octanol–water partition coefficient (Wildman–Crippen LogP) is 3.98. The highest BCUT2D eigenvalue weighted by molar-refractivity contribution is 9.10. The number of nitrogens with two attached hydrogens (primary N) is 1. The third-order valence-corrected chi connectivity index (χ3v) is 2.58. The number of hydrogen-bond acceptors (Lipinski definition) is 1. The number of halogens is 3. The maximum atomic E-state index is 13.2. The second-order valence-corrected chi connectivity index (χ2v) is 4.30. The smallest absolute Gasteiger partial charge is 0.137 e. The standard InChI is InChI=1S/C11H13BrFN.ClH/c1-7(2)5-11(14)8-3-4-9(12)10(13)6-8;/h3-4,6,11H,1,5,14H2,2H3;1H/t11-;/m1./s1. The zero-order valence-electron chi connectivity index (χ0n) is 8.47.